The van der Waals surface area contributed by atoms with Crippen molar-refractivity contribution >= 4 is 34.3 Å². The molecule has 0 aromatic carbocycles. The number of hydrogen-bond acceptors (Lipinski definition) is 4. The van der Waals surface area contributed by atoms with Gasteiger partial charge < -0.3 is 5.32 Å². The lowest BCUT2D eigenvalue weighted by Crippen LogP contribution is -2.11. The molecule has 3 heterocycles. The van der Waals surface area contributed by atoms with Gasteiger partial charge in [-0.1, -0.05) is 12.1 Å². The Kier molecular flexibility index (Phi) is 3.18. The van der Waals surface area contributed by atoms with Crippen LogP contribution in [-0.4, -0.2) is 16.1 Å². The van der Waals surface area contributed by atoms with Crippen LogP contribution < -0.4 is 5.32 Å². The average molecular weight is 289 g/mol. The summed E-state index contributed by atoms with van der Waals surface area (Å²) in [6, 6.07) is 7.62. The van der Waals surface area contributed by atoms with Crippen molar-refractivity contribution in [3.63, 3.8) is 0 Å². The summed E-state index contributed by atoms with van der Waals surface area (Å²) in [5, 5.41) is 14.0. The summed E-state index contributed by atoms with van der Waals surface area (Å²) < 4.78 is 0. The first-order valence-electron chi connectivity index (χ1n) is 5.69. The summed E-state index contributed by atoms with van der Waals surface area (Å²) in [5.41, 5.74) is 2.39. The van der Waals surface area contributed by atoms with Crippen LogP contribution in [-0.2, 0) is 0 Å². The number of nitrogens with zero attached hydrogens (tertiary/aromatic N) is 1. The van der Waals surface area contributed by atoms with E-state index in [4.69, 9.17) is 0 Å². The number of H-pyrrole nitrogens is 1. The molecule has 0 spiro atoms. The fraction of sp³-hybridized carbons (Fsp3) is 0.0769. The van der Waals surface area contributed by atoms with E-state index in [1.54, 1.807) is 17.4 Å². The second kappa shape index (κ2) is 4.99. The number of thiophene rings is 2. The molecule has 0 bridgehead atoms. The molecule has 0 saturated carbocycles. The summed E-state index contributed by atoms with van der Waals surface area (Å²) in [6.07, 6.45) is 0. The Morgan fingerprint density at radius 1 is 1.26 bits per heavy atom. The first-order valence-corrected chi connectivity index (χ1v) is 7.45. The number of hydrogen-bond donors (Lipinski definition) is 2. The van der Waals surface area contributed by atoms with Crippen molar-refractivity contribution in [1.82, 2.24) is 10.2 Å². The van der Waals surface area contributed by atoms with Crippen LogP contribution in [0.3, 0.4) is 0 Å². The van der Waals surface area contributed by atoms with Crippen molar-refractivity contribution in [2.45, 2.75) is 6.92 Å². The number of amides is 1. The summed E-state index contributed by atoms with van der Waals surface area (Å²) in [6.45, 7) is 1.90. The largest absolute Gasteiger partial charge is 0.318 e. The molecule has 3 aromatic rings. The van der Waals surface area contributed by atoms with Gasteiger partial charge in [0.2, 0.25) is 0 Å². The maximum absolute atomic E-state index is 12.1. The molecular weight excluding hydrogens is 278 g/mol. The SMILES string of the molecule is Cc1[nH]nc(-c2cccs2)c1NC(=O)c1cccs1. The van der Waals surface area contributed by atoms with Gasteiger partial charge in [-0.15, -0.1) is 22.7 Å². The first kappa shape index (κ1) is 12.1. The number of nitrogens with one attached hydrogen (secondary N) is 2. The summed E-state index contributed by atoms with van der Waals surface area (Å²) in [5.74, 6) is -0.0997. The standard InChI is InChI=1S/C13H11N3OS2/c1-8-11(14-13(17)10-5-3-7-19-10)12(16-15-8)9-4-2-6-18-9/h2-7H,1H3,(H,14,17)(H,15,16). The van der Waals surface area contributed by atoms with Crippen molar-refractivity contribution in [2.75, 3.05) is 5.32 Å². The lowest BCUT2D eigenvalue weighted by molar-refractivity contribution is 0.103. The molecule has 6 heteroatoms. The molecule has 0 radical (unpaired) electrons. The molecule has 0 aliphatic carbocycles. The van der Waals surface area contributed by atoms with Crippen LogP contribution in [0.5, 0.6) is 0 Å². The molecule has 0 aliphatic rings. The molecule has 0 aliphatic heterocycles. The molecule has 1 amide bonds. The lowest BCUT2D eigenvalue weighted by Gasteiger charge is -2.04. The monoisotopic (exact) mass is 289 g/mol. The number of carbonyl (C=O) groups excluding carboxylic acids is 1. The van der Waals surface area contributed by atoms with Gasteiger partial charge in [-0.25, -0.2) is 0 Å². The predicted molar refractivity (Wildman–Crippen MR) is 78.9 cm³/mol. The van der Waals surface area contributed by atoms with Crippen LogP contribution in [0.4, 0.5) is 5.69 Å². The Morgan fingerprint density at radius 3 is 2.74 bits per heavy atom. The van der Waals surface area contributed by atoms with E-state index in [1.807, 2.05) is 35.9 Å². The summed E-state index contributed by atoms with van der Waals surface area (Å²) in [4.78, 5) is 13.8. The molecule has 2 N–H and O–H groups in total. The average Bonchev–Trinajstić information content (AvgIpc) is 3.10. The minimum absolute atomic E-state index is 0.0997. The maximum Gasteiger partial charge on any atom is 0.265 e. The number of aromatic nitrogens is 2. The third-order valence-electron chi connectivity index (χ3n) is 2.69. The van der Waals surface area contributed by atoms with E-state index in [2.05, 4.69) is 15.5 Å². The van der Waals surface area contributed by atoms with E-state index in [9.17, 15) is 4.79 Å². The molecule has 0 fully saturated rings. The van der Waals surface area contributed by atoms with E-state index in [0.29, 0.717) is 4.88 Å². The van der Waals surface area contributed by atoms with Crippen molar-refractivity contribution in [2.24, 2.45) is 0 Å². The highest BCUT2D eigenvalue weighted by Crippen LogP contribution is 2.32. The highest BCUT2D eigenvalue weighted by Gasteiger charge is 2.16. The van der Waals surface area contributed by atoms with Gasteiger partial charge in [0.25, 0.3) is 5.91 Å². The number of aryl methyl sites for hydroxylation is 1. The Hall–Kier alpha value is -1.92. The number of rotatable bonds is 3. The fourth-order valence-electron chi connectivity index (χ4n) is 1.76. The lowest BCUT2D eigenvalue weighted by atomic mass is 10.2. The Bertz CT molecular complexity index is 684. The van der Waals surface area contributed by atoms with Crippen LogP contribution >= 0.6 is 22.7 Å². The third-order valence-corrected chi connectivity index (χ3v) is 4.43. The van der Waals surface area contributed by atoms with Crippen LogP contribution in [0, 0.1) is 6.92 Å². The fourth-order valence-corrected chi connectivity index (χ4v) is 3.10. The Morgan fingerprint density at radius 2 is 2.05 bits per heavy atom. The zero-order valence-electron chi connectivity index (χ0n) is 10.1. The molecular formula is C13H11N3OS2. The normalized spacial score (nSPS) is 10.6. The number of aromatic amines is 1. The van der Waals surface area contributed by atoms with Gasteiger partial charge >= 0.3 is 0 Å². The highest BCUT2D eigenvalue weighted by atomic mass is 32.1. The number of carbonyl (C=O) groups is 1. The minimum Gasteiger partial charge on any atom is -0.318 e. The van der Waals surface area contributed by atoms with Crippen LogP contribution in [0.25, 0.3) is 10.6 Å². The Labute approximate surface area is 118 Å². The van der Waals surface area contributed by atoms with Crippen molar-refractivity contribution < 1.29 is 4.79 Å². The van der Waals surface area contributed by atoms with E-state index in [-0.39, 0.29) is 5.91 Å². The molecule has 0 saturated heterocycles. The molecule has 4 nitrogen and oxygen atoms in total. The van der Waals surface area contributed by atoms with Crippen molar-refractivity contribution in [1.29, 1.82) is 0 Å². The van der Waals surface area contributed by atoms with Gasteiger partial charge in [-0.3, -0.25) is 9.89 Å². The van der Waals surface area contributed by atoms with Crippen molar-refractivity contribution in [3.05, 3.63) is 45.6 Å². The quantitative estimate of drug-likeness (QED) is 0.771. The third kappa shape index (κ3) is 2.32. The van der Waals surface area contributed by atoms with Crippen LogP contribution in [0.2, 0.25) is 0 Å². The zero-order valence-corrected chi connectivity index (χ0v) is 11.8. The summed E-state index contributed by atoms with van der Waals surface area (Å²) >= 11 is 3.02. The minimum atomic E-state index is -0.0997. The molecule has 19 heavy (non-hydrogen) atoms. The molecule has 0 atom stereocenters. The molecule has 96 valence electrons. The van der Waals surface area contributed by atoms with Crippen LogP contribution in [0.15, 0.2) is 35.0 Å². The zero-order chi connectivity index (χ0) is 13.2. The second-order valence-electron chi connectivity index (χ2n) is 3.98. The Balaban J connectivity index is 1.93. The number of anilines is 1. The van der Waals surface area contributed by atoms with Gasteiger partial charge in [0.15, 0.2) is 0 Å². The molecule has 0 unspecified atom stereocenters. The maximum atomic E-state index is 12.1. The molecule has 3 rings (SSSR count). The van der Waals surface area contributed by atoms with Gasteiger partial charge in [-0.05, 0) is 29.8 Å². The smallest absolute Gasteiger partial charge is 0.265 e. The topological polar surface area (TPSA) is 57.8 Å². The summed E-state index contributed by atoms with van der Waals surface area (Å²) in [7, 11) is 0. The van der Waals surface area contributed by atoms with Gasteiger partial charge in [-0.2, -0.15) is 5.10 Å². The van der Waals surface area contributed by atoms with Crippen LogP contribution in [0.1, 0.15) is 15.4 Å². The van der Waals surface area contributed by atoms with Gasteiger partial charge in [0.05, 0.1) is 21.1 Å². The first-order chi connectivity index (χ1) is 9.25. The molecule has 3 aromatic heterocycles. The van der Waals surface area contributed by atoms with Crippen molar-refractivity contribution in [3.8, 4) is 10.6 Å². The van der Waals surface area contributed by atoms with E-state index >= 15 is 0 Å². The van der Waals surface area contributed by atoms with E-state index < -0.39 is 0 Å². The second-order valence-corrected chi connectivity index (χ2v) is 5.88. The van der Waals surface area contributed by atoms with Gasteiger partial charge in [0, 0.05) is 0 Å². The van der Waals surface area contributed by atoms with Gasteiger partial charge in [0.1, 0.15) is 5.69 Å². The van der Waals surface area contributed by atoms with E-state index in [1.165, 1.54) is 11.3 Å². The predicted octanol–water partition coefficient (Wildman–Crippen LogP) is 3.76. The highest BCUT2D eigenvalue weighted by molar-refractivity contribution is 7.13. The van der Waals surface area contributed by atoms with E-state index in [0.717, 1.165) is 22.0 Å².